The van der Waals surface area contributed by atoms with Gasteiger partial charge in [0.05, 0.1) is 11.6 Å². The van der Waals surface area contributed by atoms with E-state index in [4.69, 9.17) is 10.8 Å². The standard InChI is InChI=1S/C11H16N6O2/c1-5(2)7(10(18)19)14-11-15-8(12)6-4-13-17(3)9(6)16-11/h4-5,7H,1-3H3,(H,18,19)(H3,12,14,15,16)/t7-/m1/s1. The van der Waals surface area contributed by atoms with Crippen LogP contribution < -0.4 is 11.1 Å². The number of nitrogen functional groups attached to an aromatic ring is 1. The Hall–Kier alpha value is -2.38. The summed E-state index contributed by atoms with van der Waals surface area (Å²) in [7, 11) is 1.73. The zero-order valence-corrected chi connectivity index (χ0v) is 11.0. The molecule has 102 valence electrons. The summed E-state index contributed by atoms with van der Waals surface area (Å²) in [5, 5.41) is 16.6. The van der Waals surface area contributed by atoms with Crippen LogP contribution in [0.1, 0.15) is 13.8 Å². The zero-order chi connectivity index (χ0) is 14.2. The molecule has 19 heavy (non-hydrogen) atoms. The summed E-state index contributed by atoms with van der Waals surface area (Å²) in [4.78, 5) is 19.4. The van der Waals surface area contributed by atoms with Gasteiger partial charge in [0.15, 0.2) is 5.65 Å². The number of carboxylic acids is 1. The van der Waals surface area contributed by atoms with E-state index in [1.54, 1.807) is 31.8 Å². The molecule has 0 aliphatic carbocycles. The first kappa shape index (κ1) is 13.1. The molecule has 2 rings (SSSR count). The molecule has 2 heterocycles. The Kier molecular flexibility index (Phi) is 3.24. The molecule has 2 aromatic heterocycles. The highest BCUT2D eigenvalue weighted by Gasteiger charge is 2.22. The van der Waals surface area contributed by atoms with Gasteiger partial charge in [-0.15, -0.1) is 0 Å². The fourth-order valence-electron chi connectivity index (χ4n) is 1.76. The highest BCUT2D eigenvalue weighted by atomic mass is 16.4. The zero-order valence-electron chi connectivity index (χ0n) is 11.0. The Morgan fingerprint density at radius 2 is 2.16 bits per heavy atom. The fraction of sp³-hybridized carbons (Fsp3) is 0.455. The van der Waals surface area contributed by atoms with Crippen molar-refractivity contribution in [3.8, 4) is 0 Å². The Labute approximate surface area is 109 Å². The second kappa shape index (κ2) is 4.71. The average molecular weight is 264 g/mol. The molecule has 0 aromatic carbocycles. The van der Waals surface area contributed by atoms with E-state index in [-0.39, 0.29) is 17.7 Å². The van der Waals surface area contributed by atoms with E-state index < -0.39 is 12.0 Å². The number of anilines is 2. The van der Waals surface area contributed by atoms with Gasteiger partial charge in [-0.1, -0.05) is 13.8 Å². The minimum atomic E-state index is -0.956. The maximum Gasteiger partial charge on any atom is 0.326 e. The van der Waals surface area contributed by atoms with Crippen LogP contribution >= 0.6 is 0 Å². The van der Waals surface area contributed by atoms with Crippen LogP contribution in [0.25, 0.3) is 11.0 Å². The SMILES string of the molecule is CC(C)[C@@H](Nc1nc(N)c2cnn(C)c2n1)C(=O)O. The van der Waals surface area contributed by atoms with Gasteiger partial charge in [0, 0.05) is 7.05 Å². The van der Waals surface area contributed by atoms with Gasteiger partial charge >= 0.3 is 5.97 Å². The van der Waals surface area contributed by atoms with Crippen LogP contribution in [0.4, 0.5) is 11.8 Å². The number of aromatic nitrogens is 4. The van der Waals surface area contributed by atoms with Crippen molar-refractivity contribution in [1.29, 1.82) is 0 Å². The van der Waals surface area contributed by atoms with E-state index in [1.165, 1.54) is 0 Å². The minimum Gasteiger partial charge on any atom is -0.480 e. The third-order valence-corrected chi connectivity index (χ3v) is 2.84. The van der Waals surface area contributed by atoms with Crippen molar-refractivity contribution in [1.82, 2.24) is 19.7 Å². The molecule has 0 amide bonds. The predicted octanol–water partition coefficient (Wildman–Crippen LogP) is 0.467. The normalized spacial score (nSPS) is 12.8. The molecule has 0 saturated heterocycles. The second-order valence-corrected chi connectivity index (χ2v) is 4.64. The molecule has 4 N–H and O–H groups in total. The maximum atomic E-state index is 11.1. The largest absolute Gasteiger partial charge is 0.480 e. The smallest absolute Gasteiger partial charge is 0.326 e. The molecule has 0 fully saturated rings. The lowest BCUT2D eigenvalue weighted by molar-refractivity contribution is -0.138. The highest BCUT2D eigenvalue weighted by Crippen LogP contribution is 2.19. The summed E-state index contributed by atoms with van der Waals surface area (Å²) in [6.45, 7) is 3.61. The van der Waals surface area contributed by atoms with Crippen molar-refractivity contribution in [2.45, 2.75) is 19.9 Å². The third kappa shape index (κ3) is 2.42. The number of nitrogens with one attached hydrogen (secondary N) is 1. The molecule has 8 heteroatoms. The van der Waals surface area contributed by atoms with Crippen LogP contribution in [0.15, 0.2) is 6.20 Å². The lowest BCUT2D eigenvalue weighted by Crippen LogP contribution is -2.35. The number of rotatable bonds is 4. The molecule has 8 nitrogen and oxygen atoms in total. The number of nitrogens with zero attached hydrogens (tertiary/aromatic N) is 4. The molecule has 0 aliphatic heterocycles. The van der Waals surface area contributed by atoms with Crippen LogP contribution in [0.5, 0.6) is 0 Å². The van der Waals surface area contributed by atoms with Crippen molar-refractivity contribution in [2.75, 3.05) is 11.1 Å². The summed E-state index contributed by atoms with van der Waals surface area (Å²) in [5.74, 6) is -0.602. The van der Waals surface area contributed by atoms with E-state index in [0.717, 1.165) is 0 Å². The molecule has 0 aliphatic rings. The summed E-state index contributed by atoms with van der Waals surface area (Å²) >= 11 is 0. The lowest BCUT2D eigenvalue weighted by atomic mass is 10.1. The van der Waals surface area contributed by atoms with Gasteiger partial charge < -0.3 is 16.2 Å². The van der Waals surface area contributed by atoms with Crippen molar-refractivity contribution >= 4 is 28.8 Å². The fourth-order valence-corrected chi connectivity index (χ4v) is 1.76. The van der Waals surface area contributed by atoms with Gasteiger partial charge in [0.2, 0.25) is 5.95 Å². The molecular weight excluding hydrogens is 248 g/mol. The van der Waals surface area contributed by atoms with Gasteiger partial charge in [-0.3, -0.25) is 4.68 Å². The molecule has 2 aromatic rings. The van der Waals surface area contributed by atoms with Crippen LogP contribution in [0.3, 0.4) is 0 Å². The summed E-state index contributed by atoms with van der Waals surface area (Å²) in [6.07, 6.45) is 1.57. The topological polar surface area (TPSA) is 119 Å². The van der Waals surface area contributed by atoms with Crippen LogP contribution in [-0.2, 0) is 11.8 Å². The quantitative estimate of drug-likeness (QED) is 0.734. The first-order chi connectivity index (χ1) is 8.90. The van der Waals surface area contributed by atoms with E-state index in [0.29, 0.717) is 11.0 Å². The molecule has 0 radical (unpaired) electrons. The number of carbonyl (C=O) groups is 1. The number of hydrogen-bond donors (Lipinski definition) is 3. The van der Waals surface area contributed by atoms with Crippen LogP contribution in [0, 0.1) is 5.92 Å². The minimum absolute atomic E-state index is 0.107. The lowest BCUT2D eigenvalue weighted by Gasteiger charge is -2.17. The summed E-state index contributed by atoms with van der Waals surface area (Å²) in [5.41, 5.74) is 6.36. The molecular formula is C11H16N6O2. The van der Waals surface area contributed by atoms with E-state index in [9.17, 15) is 4.79 Å². The Morgan fingerprint density at radius 1 is 1.47 bits per heavy atom. The van der Waals surface area contributed by atoms with Crippen molar-refractivity contribution in [2.24, 2.45) is 13.0 Å². The van der Waals surface area contributed by atoms with E-state index in [1.807, 2.05) is 0 Å². The number of hydrogen-bond acceptors (Lipinski definition) is 6. The number of carboxylic acid groups (broad SMARTS) is 1. The summed E-state index contributed by atoms with van der Waals surface area (Å²) in [6, 6.07) is -0.773. The molecule has 0 unspecified atom stereocenters. The monoisotopic (exact) mass is 264 g/mol. The number of aryl methyl sites for hydroxylation is 1. The van der Waals surface area contributed by atoms with Crippen molar-refractivity contribution < 1.29 is 9.90 Å². The van der Waals surface area contributed by atoms with Crippen molar-refractivity contribution in [3.63, 3.8) is 0 Å². The Morgan fingerprint density at radius 3 is 2.74 bits per heavy atom. The Balaban J connectivity index is 2.40. The highest BCUT2D eigenvalue weighted by molar-refractivity contribution is 5.86. The predicted molar refractivity (Wildman–Crippen MR) is 70.6 cm³/mol. The Bertz CT molecular complexity index is 621. The van der Waals surface area contributed by atoms with E-state index in [2.05, 4.69) is 20.4 Å². The number of fused-ring (bicyclic) bond motifs is 1. The third-order valence-electron chi connectivity index (χ3n) is 2.84. The first-order valence-corrected chi connectivity index (χ1v) is 5.84. The average Bonchev–Trinajstić information content (AvgIpc) is 2.68. The van der Waals surface area contributed by atoms with Gasteiger partial charge in [0.25, 0.3) is 0 Å². The van der Waals surface area contributed by atoms with Gasteiger partial charge in [-0.2, -0.15) is 15.1 Å². The number of nitrogens with two attached hydrogens (primary N) is 1. The van der Waals surface area contributed by atoms with Gasteiger partial charge in [0.1, 0.15) is 11.9 Å². The second-order valence-electron chi connectivity index (χ2n) is 4.64. The van der Waals surface area contributed by atoms with Crippen molar-refractivity contribution in [3.05, 3.63) is 6.20 Å². The maximum absolute atomic E-state index is 11.1. The van der Waals surface area contributed by atoms with Crippen LogP contribution in [0.2, 0.25) is 0 Å². The summed E-state index contributed by atoms with van der Waals surface area (Å²) < 4.78 is 1.56. The molecule has 0 spiro atoms. The molecule has 0 bridgehead atoms. The van der Waals surface area contributed by atoms with Crippen LogP contribution in [-0.4, -0.2) is 36.9 Å². The number of aliphatic carboxylic acids is 1. The molecule has 0 saturated carbocycles. The van der Waals surface area contributed by atoms with E-state index >= 15 is 0 Å². The first-order valence-electron chi connectivity index (χ1n) is 5.84. The van der Waals surface area contributed by atoms with Gasteiger partial charge in [-0.05, 0) is 5.92 Å². The molecule has 1 atom stereocenters. The van der Waals surface area contributed by atoms with Gasteiger partial charge in [-0.25, -0.2) is 4.79 Å².